The highest BCUT2D eigenvalue weighted by molar-refractivity contribution is 6.30. The molecule has 0 radical (unpaired) electrons. The van der Waals surface area contributed by atoms with E-state index in [2.05, 4.69) is 10.9 Å². The summed E-state index contributed by atoms with van der Waals surface area (Å²) in [6.45, 7) is 2.49. The Labute approximate surface area is 152 Å². The second-order valence-corrected chi connectivity index (χ2v) is 5.88. The fraction of sp³-hybridized carbons (Fsp3) is 0.263. The summed E-state index contributed by atoms with van der Waals surface area (Å²) in [6.07, 6.45) is 0.963. The number of halogens is 1. The molecule has 2 N–H and O–H groups in total. The summed E-state index contributed by atoms with van der Waals surface area (Å²) in [5.74, 6) is 0.241. The molecule has 0 aliphatic rings. The second kappa shape index (κ2) is 9.69. The number of benzene rings is 2. The summed E-state index contributed by atoms with van der Waals surface area (Å²) in [4.78, 5) is 23.7. The Balaban J connectivity index is 1.75. The highest BCUT2D eigenvalue weighted by Gasteiger charge is 2.08. The highest BCUT2D eigenvalue weighted by atomic mass is 35.5. The van der Waals surface area contributed by atoms with Gasteiger partial charge in [0.2, 0.25) is 11.8 Å². The first-order valence-electron chi connectivity index (χ1n) is 8.11. The van der Waals surface area contributed by atoms with Crippen molar-refractivity contribution < 1.29 is 14.3 Å². The number of amides is 2. The van der Waals surface area contributed by atoms with E-state index in [1.165, 1.54) is 0 Å². The third-order valence-electron chi connectivity index (χ3n) is 3.51. The standard InChI is InChI=1S/C19H21ClN2O3/c1-2-25-17-6-4-3-5-15(17)9-12-18(23)21-22-19(24)13-14-7-10-16(20)11-8-14/h3-8,10-11H,2,9,12-13H2,1H3,(H,21,23)(H,22,24). The Bertz CT molecular complexity index is 717. The maximum atomic E-state index is 11.9. The third kappa shape index (κ3) is 6.47. The van der Waals surface area contributed by atoms with Gasteiger partial charge in [0.15, 0.2) is 0 Å². The van der Waals surface area contributed by atoms with Gasteiger partial charge in [-0.15, -0.1) is 0 Å². The number of rotatable bonds is 7. The van der Waals surface area contributed by atoms with Gasteiger partial charge in [-0.1, -0.05) is 41.9 Å². The van der Waals surface area contributed by atoms with Gasteiger partial charge in [-0.3, -0.25) is 20.4 Å². The fourth-order valence-electron chi connectivity index (χ4n) is 2.29. The van der Waals surface area contributed by atoms with E-state index in [4.69, 9.17) is 16.3 Å². The summed E-state index contributed by atoms with van der Waals surface area (Å²) in [5, 5.41) is 0.616. The molecular weight excluding hydrogens is 340 g/mol. The molecule has 2 aromatic rings. The Morgan fingerprint density at radius 1 is 1.00 bits per heavy atom. The largest absolute Gasteiger partial charge is 0.494 e. The molecule has 6 heteroatoms. The first-order chi connectivity index (χ1) is 12.1. The molecule has 2 aromatic carbocycles. The molecule has 0 atom stereocenters. The van der Waals surface area contributed by atoms with Crippen LogP contribution < -0.4 is 15.6 Å². The number of hydrogen-bond acceptors (Lipinski definition) is 3. The topological polar surface area (TPSA) is 67.4 Å². The Hall–Kier alpha value is -2.53. The fourth-order valence-corrected chi connectivity index (χ4v) is 2.41. The third-order valence-corrected chi connectivity index (χ3v) is 3.77. The number of carbonyl (C=O) groups is 2. The Morgan fingerprint density at radius 2 is 1.68 bits per heavy atom. The van der Waals surface area contributed by atoms with Crippen LogP contribution in [0.15, 0.2) is 48.5 Å². The van der Waals surface area contributed by atoms with Crippen molar-refractivity contribution in [1.29, 1.82) is 0 Å². The zero-order valence-electron chi connectivity index (χ0n) is 14.0. The van der Waals surface area contributed by atoms with E-state index in [0.717, 1.165) is 16.9 Å². The molecule has 0 bridgehead atoms. The van der Waals surface area contributed by atoms with Gasteiger partial charge in [0.1, 0.15) is 5.75 Å². The minimum atomic E-state index is -0.287. The maximum absolute atomic E-state index is 11.9. The van der Waals surface area contributed by atoms with E-state index in [1.807, 2.05) is 31.2 Å². The lowest BCUT2D eigenvalue weighted by molar-refractivity contribution is -0.128. The molecule has 2 amide bonds. The number of hydrogen-bond donors (Lipinski definition) is 2. The van der Waals surface area contributed by atoms with Crippen LogP contribution in [0.2, 0.25) is 5.02 Å². The number of carbonyl (C=O) groups excluding carboxylic acids is 2. The molecule has 25 heavy (non-hydrogen) atoms. The normalized spacial score (nSPS) is 10.2. The smallest absolute Gasteiger partial charge is 0.242 e. The van der Waals surface area contributed by atoms with Crippen LogP contribution in [0.1, 0.15) is 24.5 Å². The minimum absolute atomic E-state index is 0.171. The average molecular weight is 361 g/mol. The van der Waals surface area contributed by atoms with Gasteiger partial charge < -0.3 is 4.74 Å². The molecule has 0 fully saturated rings. The van der Waals surface area contributed by atoms with Gasteiger partial charge in [0.25, 0.3) is 0 Å². The predicted molar refractivity (Wildman–Crippen MR) is 97.4 cm³/mol. The van der Waals surface area contributed by atoms with Crippen molar-refractivity contribution in [2.24, 2.45) is 0 Å². The molecule has 0 saturated heterocycles. The highest BCUT2D eigenvalue weighted by Crippen LogP contribution is 2.19. The van der Waals surface area contributed by atoms with E-state index in [0.29, 0.717) is 18.1 Å². The van der Waals surface area contributed by atoms with E-state index >= 15 is 0 Å². The molecule has 0 saturated carbocycles. The van der Waals surface area contributed by atoms with Crippen molar-refractivity contribution in [2.75, 3.05) is 6.61 Å². The number of para-hydroxylation sites is 1. The Kier molecular flexibility index (Phi) is 7.29. The van der Waals surface area contributed by atoms with Crippen molar-refractivity contribution in [3.8, 4) is 5.75 Å². The van der Waals surface area contributed by atoms with Gasteiger partial charge in [-0.25, -0.2) is 0 Å². The van der Waals surface area contributed by atoms with Crippen LogP contribution in [0.3, 0.4) is 0 Å². The molecule has 132 valence electrons. The molecular formula is C19H21ClN2O3. The number of aryl methyl sites for hydroxylation is 1. The van der Waals surface area contributed by atoms with Crippen molar-refractivity contribution in [3.63, 3.8) is 0 Å². The first kappa shape index (κ1) is 18.8. The molecule has 5 nitrogen and oxygen atoms in total. The van der Waals surface area contributed by atoms with Crippen LogP contribution in [0.4, 0.5) is 0 Å². The lowest BCUT2D eigenvalue weighted by Gasteiger charge is -2.10. The summed E-state index contributed by atoms with van der Waals surface area (Å²) in [5.41, 5.74) is 6.64. The summed E-state index contributed by atoms with van der Waals surface area (Å²) in [7, 11) is 0. The molecule has 0 aliphatic carbocycles. The van der Waals surface area contributed by atoms with Crippen LogP contribution in [-0.4, -0.2) is 18.4 Å². The predicted octanol–water partition coefficient (Wildman–Crippen LogP) is 3.06. The maximum Gasteiger partial charge on any atom is 0.242 e. The van der Waals surface area contributed by atoms with Crippen LogP contribution in [0.5, 0.6) is 5.75 Å². The van der Waals surface area contributed by atoms with E-state index in [9.17, 15) is 9.59 Å². The zero-order valence-corrected chi connectivity index (χ0v) is 14.8. The van der Waals surface area contributed by atoms with Crippen LogP contribution in [0, 0.1) is 0 Å². The van der Waals surface area contributed by atoms with Gasteiger partial charge in [0, 0.05) is 11.4 Å². The number of hydrazine groups is 1. The van der Waals surface area contributed by atoms with E-state index in [-0.39, 0.29) is 24.7 Å². The second-order valence-electron chi connectivity index (χ2n) is 5.44. The first-order valence-corrected chi connectivity index (χ1v) is 8.49. The molecule has 0 aliphatic heterocycles. The quantitative estimate of drug-likeness (QED) is 0.746. The monoisotopic (exact) mass is 360 g/mol. The number of ether oxygens (including phenoxy) is 1. The molecule has 0 aromatic heterocycles. The van der Waals surface area contributed by atoms with Gasteiger partial charge in [-0.2, -0.15) is 0 Å². The summed E-state index contributed by atoms with van der Waals surface area (Å²) >= 11 is 5.80. The number of nitrogens with one attached hydrogen (secondary N) is 2. The van der Waals surface area contributed by atoms with Crippen LogP contribution >= 0.6 is 11.6 Å². The van der Waals surface area contributed by atoms with Crippen molar-refractivity contribution in [1.82, 2.24) is 10.9 Å². The van der Waals surface area contributed by atoms with E-state index < -0.39 is 0 Å². The summed E-state index contributed by atoms with van der Waals surface area (Å²) < 4.78 is 5.53. The van der Waals surface area contributed by atoms with Gasteiger partial charge >= 0.3 is 0 Å². The van der Waals surface area contributed by atoms with Crippen LogP contribution in [-0.2, 0) is 22.4 Å². The Morgan fingerprint density at radius 3 is 2.40 bits per heavy atom. The molecule has 0 spiro atoms. The molecule has 0 heterocycles. The van der Waals surface area contributed by atoms with Gasteiger partial charge in [0.05, 0.1) is 13.0 Å². The van der Waals surface area contributed by atoms with Crippen molar-refractivity contribution in [2.45, 2.75) is 26.2 Å². The summed E-state index contributed by atoms with van der Waals surface area (Å²) in [6, 6.07) is 14.6. The molecule has 0 unspecified atom stereocenters. The van der Waals surface area contributed by atoms with Crippen molar-refractivity contribution in [3.05, 3.63) is 64.7 Å². The van der Waals surface area contributed by atoms with E-state index in [1.54, 1.807) is 24.3 Å². The molecule has 2 rings (SSSR count). The lowest BCUT2D eigenvalue weighted by Crippen LogP contribution is -2.42. The van der Waals surface area contributed by atoms with Crippen LogP contribution in [0.25, 0.3) is 0 Å². The lowest BCUT2D eigenvalue weighted by atomic mass is 10.1. The average Bonchev–Trinajstić information content (AvgIpc) is 2.61. The van der Waals surface area contributed by atoms with Gasteiger partial charge in [-0.05, 0) is 42.7 Å². The van der Waals surface area contributed by atoms with Crippen molar-refractivity contribution >= 4 is 23.4 Å². The SMILES string of the molecule is CCOc1ccccc1CCC(=O)NNC(=O)Cc1ccc(Cl)cc1. The zero-order chi connectivity index (χ0) is 18.1. The minimum Gasteiger partial charge on any atom is -0.494 e.